The molecule has 0 aliphatic rings. The van der Waals surface area contributed by atoms with Gasteiger partial charge in [-0.25, -0.2) is 4.79 Å². The van der Waals surface area contributed by atoms with E-state index in [9.17, 15) is 9.59 Å². The van der Waals surface area contributed by atoms with Gasteiger partial charge in [0.25, 0.3) is 5.56 Å². The normalized spacial score (nSPS) is 10.8. The number of anilines is 1. The lowest BCUT2D eigenvalue weighted by Gasteiger charge is -2.12. The highest BCUT2D eigenvalue weighted by Crippen LogP contribution is 2.40. The fourth-order valence-corrected chi connectivity index (χ4v) is 4.58. The molecule has 0 saturated heterocycles. The lowest BCUT2D eigenvalue weighted by molar-refractivity contribution is 0.0607. The number of nitrogens with one attached hydrogen (secondary N) is 2. The number of thiophene rings is 1. The van der Waals surface area contributed by atoms with Gasteiger partial charge in [-0.15, -0.1) is 11.3 Å². The first-order chi connectivity index (χ1) is 14.1. The van der Waals surface area contributed by atoms with Crippen LogP contribution >= 0.6 is 23.6 Å². The second-order valence-corrected chi connectivity index (χ2v) is 7.61. The number of hydrogen-bond acceptors (Lipinski definition) is 5. The molecule has 0 radical (unpaired) electrons. The molecular weight excluding hydrogens is 406 g/mol. The van der Waals surface area contributed by atoms with E-state index in [1.54, 1.807) is 17.7 Å². The summed E-state index contributed by atoms with van der Waals surface area (Å²) in [4.78, 5) is 26.9. The van der Waals surface area contributed by atoms with Gasteiger partial charge in [-0.2, -0.15) is 0 Å². The summed E-state index contributed by atoms with van der Waals surface area (Å²) in [5.41, 5.74) is 1.09. The Bertz CT molecular complexity index is 1310. The van der Waals surface area contributed by atoms with Gasteiger partial charge in [-0.05, 0) is 35.8 Å². The minimum Gasteiger partial charge on any atom is -0.465 e. The number of nitrogens with zero attached hydrogens (tertiary/aromatic N) is 1. The number of esters is 1. The van der Waals surface area contributed by atoms with E-state index in [2.05, 4.69) is 10.6 Å². The van der Waals surface area contributed by atoms with Gasteiger partial charge < -0.3 is 15.4 Å². The van der Waals surface area contributed by atoms with Gasteiger partial charge in [-0.3, -0.25) is 9.36 Å². The average Bonchev–Trinajstić information content (AvgIpc) is 3.12. The third-order valence-corrected chi connectivity index (χ3v) is 6.03. The maximum Gasteiger partial charge on any atom is 0.350 e. The zero-order chi connectivity index (χ0) is 20.5. The number of hydrogen-bond donors (Lipinski definition) is 2. The molecule has 0 amide bonds. The summed E-state index contributed by atoms with van der Waals surface area (Å²) in [5.74, 6) is -0.497. The molecule has 0 fully saturated rings. The molecule has 0 spiro atoms. The number of para-hydroxylation sites is 1. The quantitative estimate of drug-likeness (QED) is 0.385. The molecule has 0 unspecified atom stereocenters. The maximum absolute atomic E-state index is 13.4. The molecule has 0 aliphatic heterocycles. The standard InChI is InChI=1S/C21H17N3O3S2/c1-22-21(28)23-16-15-13-10-6-7-11-14(13)18(25)24(12-8-4-3-5-9-12)19(15)29-17(16)20(26)27-2/h3-11H,1-2H3,(H2,22,23,28). The van der Waals surface area contributed by atoms with Gasteiger partial charge in [0.2, 0.25) is 0 Å². The van der Waals surface area contributed by atoms with Crippen LogP contribution in [-0.2, 0) is 4.74 Å². The number of carbonyl (C=O) groups is 1. The maximum atomic E-state index is 13.4. The van der Waals surface area contributed by atoms with Crippen LogP contribution in [0, 0.1) is 0 Å². The number of benzene rings is 2. The van der Waals surface area contributed by atoms with Crippen LogP contribution in [-0.4, -0.2) is 29.8 Å². The zero-order valence-corrected chi connectivity index (χ0v) is 17.3. The first-order valence-electron chi connectivity index (χ1n) is 8.79. The second-order valence-electron chi connectivity index (χ2n) is 6.20. The van der Waals surface area contributed by atoms with Crippen LogP contribution < -0.4 is 16.2 Å². The molecule has 4 aromatic rings. The van der Waals surface area contributed by atoms with Gasteiger partial charge in [0.15, 0.2) is 5.11 Å². The Hall–Kier alpha value is -3.23. The molecule has 0 atom stereocenters. The molecular formula is C21H17N3O3S2. The monoisotopic (exact) mass is 423 g/mol. The molecule has 4 rings (SSSR count). The van der Waals surface area contributed by atoms with E-state index < -0.39 is 5.97 Å². The van der Waals surface area contributed by atoms with Crippen LogP contribution in [0.3, 0.4) is 0 Å². The van der Waals surface area contributed by atoms with Crippen LogP contribution in [0.4, 0.5) is 5.69 Å². The molecule has 2 aromatic heterocycles. The van der Waals surface area contributed by atoms with E-state index in [1.807, 2.05) is 48.5 Å². The summed E-state index contributed by atoms with van der Waals surface area (Å²) in [6.07, 6.45) is 0. The number of aromatic nitrogens is 1. The molecule has 2 aromatic carbocycles. The molecule has 2 N–H and O–H groups in total. The average molecular weight is 424 g/mol. The molecule has 0 bridgehead atoms. The highest BCUT2D eigenvalue weighted by atomic mass is 32.1. The number of carbonyl (C=O) groups excluding carboxylic acids is 1. The number of ether oxygens (including phenoxy) is 1. The van der Waals surface area contributed by atoms with Crippen LogP contribution in [0.5, 0.6) is 0 Å². The van der Waals surface area contributed by atoms with Crippen molar-refractivity contribution in [3.05, 3.63) is 69.8 Å². The highest BCUT2D eigenvalue weighted by molar-refractivity contribution is 7.80. The third kappa shape index (κ3) is 3.16. The van der Waals surface area contributed by atoms with Gasteiger partial charge >= 0.3 is 5.97 Å². The second kappa shape index (κ2) is 7.65. The summed E-state index contributed by atoms with van der Waals surface area (Å²) in [5, 5.41) is 8.36. The fraction of sp³-hybridized carbons (Fsp3) is 0.0952. The number of rotatable bonds is 3. The Morgan fingerprint density at radius 2 is 1.72 bits per heavy atom. The largest absolute Gasteiger partial charge is 0.465 e. The first-order valence-corrected chi connectivity index (χ1v) is 10.0. The van der Waals surface area contributed by atoms with E-state index >= 15 is 0 Å². The lowest BCUT2D eigenvalue weighted by atomic mass is 10.1. The predicted octanol–water partition coefficient (Wildman–Crippen LogP) is 3.91. The number of fused-ring (bicyclic) bond motifs is 3. The van der Waals surface area contributed by atoms with E-state index in [0.29, 0.717) is 31.6 Å². The van der Waals surface area contributed by atoms with Crippen LogP contribution in [0.15, 0.2) is 59.4 Å². The topological polar surface area (TPSA) is 72.4 Å². The molecule has 8 heteroatoms. The van der Waals surface area contributed by atoms with E-state index in [-0.39, 0.29) is 5.56 Å². The molecule has 146 valence electrons. The zero-order valence-electron chi connectivity index (χ0n) is 15.7. The summed E-state index contributed by atoms with van der Waals surface area (Å²) < 4.78 is 6.62. The summed E-state index contributed by atoms with van der Waals surface area (Å²) in [6.45, 7) is 0. The third-order valence-electron chi connectivity index (χ3n) is 4.57. The van der Waals surface area contributed by atoms with E-state index in [4.69, 9.17) is 17.0 Å². The summed E-state index contributed by atoms with van der Waals surface area (Å²) in [6, 6.07) is 16.7. The molecule has 2 heterocycles. The van der Waals surface area contributed by atoms with Gasteiger partial charge in [0.1, 0.15) is 9.71 Å². The Morgan fingerprint density at radius 3 is 2.38 bits per heavy atom. The van der Waals surface area contributed by atoms with Crippen LogP contribution in [0.25, 0.3) is 26.7 Å². The van der Waals surface area contributed by atoms with Gasteiger partial charge in [0, 0.05) is 17.8 Å². The van der Waals surface area contributed by atoms with Crippen LogP contribution in [0.1, 0.15) is 9.67 Å². The minimum absolute atomic E-state index is 0.153. The van der Waals surface area contributed by atoms with Gasteiger partial charge in [-0.1, -0.05) is 36.4 Å². The predicted molar refractivity (Wildman–Crippen MR) is 122 cm³/mol. The highest BCUT2D eigenvalue weighted by Gasteiger charge is 2.25. The van der Waals surface area contributed by atoms with Crippen molar-refractivity contribution in [1.29, 1.82) is 0 Å². The number of methoxy groups -OCH3 is 1. The van der Waals surface area contributed by atoms with Crippen LogP contribution in [0.2, 0.25) is 0 Å². The molecule has 0 saturated carbocycles. The minimum atomic E-state index is -0.497. The molecule has 6 nitrogen and oxygen atoms in total. The SMILES string of the molecule is CNC(=S)Nc1c(C(=O)OC)sc2c1c1ccccc1c(=O)n2-c1ccccc1. The van der Waals surface area contributed by atoms with Crippen molar-refractivity contribution in [1.82, 2.24) is 9.88 Å². The Labute approximate surface area is 175 Å². The van der Waals surface area contributed by atoms with Crippen molar-refractivity contribution < 1.29 is 9.53 Å². The number of thiocarbonyl (C=S) groups is 1. The van der Waals surface area contributed by atoms with Crippen molar-refractivity contribution in [3.8, 4) is 5.69 Å². The first kappa shape index (κ1) is 19.1. The van der Waals surface area contributed by atoms with Crippen molar-refractivity contribution in [2.24, 2.45) is 0 Å². The smallest absolute Gasteiger partial charge is 0.350 e. The Balaban J connectivity index is 2.22. The number of pyridine rings is 1. The molecule has 29 heavy (non-hydrogen) atoms. The molecule has 0 aliphatic carbocycles. The Kier molecular flexibility index (Phi) is 5.04. The Morgan fingerprint density at radius 1 is 1.07 bits per heavy atom. The van der Waals surface area contributed by atoms with E-state index in [1.165, 1.54) is 18.4 Å². The summed E-state index contributed by atoms with van der Waals surface area (Å²) in [7, 11) is 3.02. The van der Waals surface area contributed by atoms with Crippen molar-refractivity contribution in [2.75, 3.05) is 19.5 Å². The van der Waals surface area contributed by atoms with E-state index in [0.717, 1.165) is 10.8 Å². The van der Waals surface area contributed by atoms with Crippen molar-refractivity contribution in [2.45, 2.75) is 0 Å². The van der Waals surface area contributed by atoms with Crippen molar-refractivity contribution >= 4 is 61.3 Å². The fourth-order valence-electron chi connectivity index (χ4n) is 3.27. The van der Waals surface area contributed by atoms with Crippen molar-refractivity contribution in [3.63, 3.8) is 0 Å². The lowest BCUT2D eigenvalue weighted by Crippen LogP contribution is -2.25. The summed E-state index contributed by atoms with van der Waals surface area (Å²) >= 11 is 6.48. The van der Waals surface area contributed by atoms with Gasteiger partial charge in [0.05, 0.1) is 18.5 Å².